The Morgan fingerprint density at radius 2 is 2.15 bits per heavy atom. The van der Waals surface area contributed by atoms with Crippen LogP contribution in [-0.4, -0.2) is 23.2 Å². The van der Waals surface area contributed by atoms with Gasteiger partial charge in [-0.25, -0.2) is 0 Å². The number of hydrogen-bond donors (Lipinski definition) is 2. The molecule has 0 aromatic carbocycles. The normalized spacial score (nSPS) is 19.9. The largest absolute Gasteiger partial charge is 0.481 e. The van der Waals surface area contributed by atoms with E-state index in [9.17, 15) is 4.79 Å². The van der Waals surface area contributed by atoms with Crippen molar-refractivity contribution < 1.29 is 9.90 Å². The van der Waals surface area contributed by atoms with Crippen molar-refractivity contribution >= 4 is 5.97 Å². The summed E-state index contributed by atoms with van der Waals surface area (Å²) in [6.07, 6.45) is 2.56. The zero-order valence-electron chi connectivity index (χ0n) is 8.63. The molecule has 0 aliphatic heterocycles. The van der Waals surface area contributed by atoms with Crippen LogP contribution in [0.1, 0.15) is 33.6 Å². The molecule has 0 amide bonds. The maximum atomic E-state index is 10.6. The van der Waals surface area contributed by atoms with E-state index in [2.05, 4.69) is 19.2 Å². The van der Waals surface area contributed by atoms with Gasteiger partial charge in [-0.15, -0.1) is 0 Å². The van der Waals surface area contributed by atoms with Gasteiger partial charge in [0.15, 0.2) is 0 Å². The summed E-state index contributed by atoms with van der Waals surface area (Å²) in [4.78, 5) is 10.6. The molecule has 0 bridgehead atoms. The van der Waals surface area contributed by atoms with E-state index in [1.54, 1.807) is 6.92 Å². The summed E-state index contributed by atoms with van der Waals surface area (Å²) in [6.45, 7) is 6.61. The Bertz CT molecular complexity index is 197. The minimum Gasteiger partial charge on any atom is -0.481 e. The van der Waals surface area contributed by atoms with E-state index < -0.39 is 5.97 Å². The van der Waals surface area contributed by atoms with Crippen LogP contribution in [0.4, 0.5) is 0 Å². The second kappa shape index (κ2) is 3.66. The molecule has 76 valence electrons. The summed E-state index contributed by atoms with van der Waals surface area (Å²) >= 11 is 0. The molecule has 0 spiro atoms. The van der Waals surface area contributed by atoms with Crippen molar-refractivity contribution in [1.82, 2.24) is 5.32 Å². The van der Waals surface area contributed by atoms with Crippen LogP contribution in [0.25, 0.3) is 0 Å². The van der Waals surface area contributed by atoms with Gasteiger partial charge >= 0.3 is 5.97 Å². The van der Waals surface area contributed by atoms with Gasteiger partial charge in [0.1, 0.15) is 0 Å². The monoisotopic (exact) mass is 185 g/mol. The first kappa shape index (κ1) is 10.5. The van der Waals surface area contributed by atoms with Crippen LogP contribution in [0.15, 0.2) is 0 Å². The Balaban J connectivity index is 2.28. The maximum Gasteiger partial charge on any atom is 0.307 e. The van der Waals surface area contributed by atoms with Crippen LogP contribution in [0.3, 0.4) is 0 Å². The first-order valence-electron chi connectivity index (χ1n) is 4.91. The quantitative estimate of drug-likeness (QED) is 0.682. The van der Waals surface area contributed by atoms with Crippen molar-refractivity contribution in [1.29, 1.82) is 0 Å². The van der Waals surface area contributed by atoms with Gasteiger partial charge in [0, 0.05) is 12.1 Å². The van der Waals surface area contributed by atoms with Crippen molar-refractivity contribution in [2.75, 3.05) is 6.54 Å². The second-order valence-electron chi connectivity index (χ2n) is 4.62. The van der Waals surface area contributed by atoms with Gasteiger partial charge in [0.05, 0.1) is 5.92 Å². The van der Waals surface area contributed by atoms with Crippen LogP contribution in [0.5, 0.6) is 0 Å². The number of nitrogens with one attached hydrogen (secondary N) is 1. The van der Waals surface area contributed by atoms with Crippen molar-refractivity contribution in [2.24, 2.45) is 11.8 Å². The summed E-state index contributed by atoms with van der Waals surface area (Å²) < 4.78 is 0. The van der Waals surface area contributed by atoms with Gasteiger partial charge in [0.25, 0.3) is 0 Å². The highest BCUT2D eigenvalue weighted by atomic mass is 16.4. The van der Waals surface area contributed by atoms with Gasteiger partial charge in [-0.05, 0) is 32.6 Å². The van der Waals surface area contributed by atoms with Crippen LogP contribution in [-0.2, 0) is 4.79 Å². The zero-order chi connectivity index (χ0) is 10.1. The van der Waals surface area contributed by atoms with Gasteiger partial charge in [-0.2, -0.15) is 0 Å². The summed E-state index contributed by atoms with van der Waals surface area (Å²) in [5.41, 5.74) is 0.115. The molecule has 1 unspecified atom stereocenters. The molecular formula is C10H19NO2. The van der Waals surface area contributed by atoms with Crippen molar-refractivity contribution in [3.8, 4) is 0 Å². The highest BCUT2D eigenvalue weighted by molar-refractivity contribution is 5.69. The van der Waals surface area contributed by atoms with Crippen molar-refractivity contribution in [3.05, 3.63) is 0 Å². The maximum absolute atomic E-state index is 10.6. The van der Waals surface area contributed by atoms with Crippen LogP contribution in [0, 0.1) is 11.8 Å². The molecular weight excluding hydrogens is 166 g/mol. The average Bonchev–Trinajstić information content (AvgIpc) is 2.81. The lowest BCUT2D eigenvalue weighted by Gasteiger charge is -2.27. The van der Waals surface area contributed by atoms with Gasteiger partial charge in [-0.3, -0.25) is 4.79 Å². The molecule has 1 saturated carbocycles. The van der Waals surface area contributed by atoms with Gasteiger partial charge < -0.3 is 10.4 Å². The molecule has 0 aromatic heterocycles. The smallest absolute Gasteiger partial charge is 0.307 e. The Hall–Kier alpha value is -0.570. The summed E-state index contributed by atoms with van der Waals surface area (Å²) in [5, 5.41) is 12.0. The summed E-state index contributed by atoms with van der Waals surface area (Å²) in [6, 6.07) is 0. The fourth-order valence-electron chi connectivity index (χ4n) is 1.45. The molecule has 13 heavy (non-hydrogen) atoms. The lowest BCUT2D eigenvalue weighted by molar-refractivity contribution is -0.141. The Labute approximate surface area is 79.5 Å². The Morgan fingerprint density at radius 1 is 1.62 bits per heavy atom. The number of rotatable bonds is 5. The first-order chi connectivity index (χ1) is 5.93. The van der Waals surface area contributed by atoms with E-state index in [-0.39, 0.29) is 11.5 Å². The predicted molar refractivity (Wildman–Crippen MR) is 51.6 cm³/mol. The summed E-state index contributed by atoms with van der Waals surface area (Å²) in [7, 11) is 0. The lowest BCUT2D eigenvalue weighted by atomic mass is 9.98. The fourth-order valence-corrected chi connectivity index (χ4v) is 1.45. The topological polar surface area (TPSA) is 49.3 Å². The highest BCUT2D eigenvalue weighted by Gasteiger charge is 2.37. The van der Waals surface area contributed by atoms with Crippen LogP contribution >= 0.6 is 0 Å². The molecule has 0 radical (unpaired) electrons. The fraction of sp³-hybridized carbons (Fsp3) is 0.900. The van der Waals surface area contributed by atoms with Crippen LogP contribution in [0.2, 0.25) is 0 Å². The number of hydrogen-bond acceptors (Lipinski definition) is 2. The molecule has 3 heteroatoms. The number of carboxylic acid groups (broad SMARTS) is 1. The molecule has 1 atom stereocenters. The standard InChI is InChI=1S/C10H19NO2/c1-7(9(12)13)6-11-10(2,3)8-4-5-8/h7-8,11H,4-6H2,1-3H3,(H,12,13). The van der Waals surface area contributed by atoms with E-state index in [1.807, 2.05) is 0 Å². The lowest BCUT2D eigenvalue weighted by Crippen LogP contribution is -2.44. The highest BCUT2D eigenvalue weighted by Crippen LogP contribution is 2.39. The van der Waals surface area contributed by atoms with E-state index in [4.69, 9.17) is 5.11 Å². The van der Waals surface area contributed by atoms with E-state index in [1.165, 1.54) is 12.8 Å². The molecule has 1 aliphatic carbocycles. The molecule has 3 nitrogen and oxygen atoms in total. The molecule has 1 fully saturated rings. The molecule has 0 heterocycles. The van der Waals surface area contributed by atoms with E-state index in [0.717, 1.165) is 5.92 Å². The molecule has 0 saturated heterocycles. The van der Waals surface area contributed by atoms with Gasteiger partial charge in [0.2, 0.25) is 0 Å². The van der Waals surface area contributed by atoms with E-state index >= 15 is 0 Å². The number of carboxylic acids is 1. The zero-order valence-corrected chi connectivity index (χ0v) is 8.63. The number of aliphatic carboxylic acids is 1. The summed E-state index contributed by atoms with van der Waals surface area (Å²) in [5.74, 6) is -0.273. The first-order valence-corrected chi connectivity index (χ1v) is 4.91. The van der Waals surface area contributed by atoms with Crippen molar-refractivity contribution in [3.63, 3.8) is 0 Å². The SMILES string of the molecule is CC(CNC(C)(C)C1CC1)C(=O)O. The van der Waals surface area contributed by atoms with Crippen molar-refractivity contribution in [2.45, 2.75) is 39.2 Å². The third kappa shape index (κ3) is 2.99. The van der Waals surface area contributed by atoms with Gasteiger partial charge in [-0.1, -0.05) is 6.92 Å². The van der Waals surface area contributed by atoms with Crippen LogP contribution < -0.4 is 5.32 Å². The molecule has 1 aliphatic rings. The number of carbonyl (C=O) groups is 1. The Kier molecular flexibility index (Phi) is 2.96. The predicted octanol–water partition coefficient (Wildman–Crippen LogP) is 1.49. The minimum absolute atomic E-state index is 0.115. The minimum atomic E-state index is -0.723. The molecule has 2 N–H and O–H groups in total. The second-order valence-corrected chi connectivity index (χ2v) is 4.62. The third-order valence-corrected chi connectivity index (χ3v) is 2.88. The van der Waals surface area contributed by atoms with E-state index in [0.29, 0.717) is 6.54 Å². The average molecular weight is 185 g/mol. The molecule has 0 aromatic rings. The Morgan fingerprint density at radius 3 is 2.54 bits per heavy atom. The third-order valence-electron chi connectivity index (χ3n) is 2.88. The molecule has 1 rings (SSSR count).